The first-order chi connectivity index (χ1) is 17.2. The Morgan fingerprint density at radius 1 is 1.00 bits per heavy atom. The monoisotopic (exact) mass is 525 g/mol. The highest BCUT2D eigenvalue weighted by Gasteiger charge is 2.37. The van der Waals surface area contributed by atoms with E-state index in [0.29, 0.717) is 33.9 Å². The molecule has 2 N–H and O–H groups in total. The first-order valence-electron chi connectivity index (χ1n) is 10.6. The van der Waals surface area contributed by atoms with Crippen molar-refractivity contribution in [3.05, 3.63) is 86.6 Å². The highest BCUT2D eigenvalue weighted by atomic mass is 35.5. The quantitative estimate of drug-likeness (QED) is 0.476. The third-order valence-electron chi connectivity index (χ3n) is 5.37. The maximum absolute atomic E-state index is 13.0. The van der Waals surface area contributed by atoms with Crippen LogP contribution in [0.1, 0.15) is 5.69 Å². The fraction of sp³-hybridized carbons (Fsp3) is 0.125. The molecule has 36 heavy (non-hydrogen) atoms. The van der Waals surface area contributed by atoms with Crippen LogP contribution in [-0.2, 0) is 21.4 Å². The molecule has 0 bridgehead atoms. The summed E-state index contributed by atoms with van der Waals surface area (Å²) in [5.41, 5.74) is 1.14. The fourth-order valence-corrected chi connectivity index (χ4v) is 4.44. The molecular weight excluding hydrogens is 506 g/mol. The largest absolute Gasteiger partial charge is 0.322 e. The predicted octanol–water partition coefficient (Wildman–Crippen LogP) is 3.29. The molecule has 1 aliphatic rings. The van der Waals surface area contributed by atoms with E-state index < -0.39 is 35.1 Å². The lowest BCUT2D eigenvalue weighted by Crippen LogP contribution is -2.37. The summed E-state index contributed by atoms with van der Waals surface area (Å²) in [4.78, 5) is 63.6. The first kappa shape index (κ1) is 25.0. The standard InChI is InChI=1S/C24H20ClN5O5S/c1-14-21(23(34)30(28(14)2)17-6-4-3-5-7-17)27-20(32)13-29-22(33)18(36-24(29)35)12-19(31)26-16-10-8-15(25)9-11-16/h3-12H,13H2,1-2H3,(H,26,31)(H,27,32)/b18-12-. The summed E-state index contributed by atoms with van der Waals surface area (Å²) < 4.78 is 2.99. The Morgan fingerprint density at radius 2 is 1.67 bits per heavy atom. The SMILES string of the molecule is Cc1c(NC(=O)CN2C(=O)S/C(=C\C(=O)Nc3ccc(Cl)cc3)C2=O)c(=O)n(-c2ccccc2)n1C. The molecular formula is C24H20ClN5O5S. The second-order valence-electron chi connectivity index (χ2n) is 7.75. The van der Waals surface area contributed by atoms with Gasteiger partial charge < -0.3 is 10.6 Å². The first-order valence-corrected chi connectivity index (χ1v) is 11.8. The maximum Gasteiger partial charge on any atom is 0.295 e. The number of aromatic nitrogens is 2. The van der Waals surface area contributed by atoms with Gasteiger partial charge in [-0.1, -0.05) is 29.8 Å². The van der Waals surface area contributed by atoms with Gasteiger partial charge in [-0.2, -0.15) is 0 Å². The molecule has 0 saturated carbocycles. The van der Waals surface area contributed by atoms with E-state index in [1.165, 1.54) is 4.68 Å². The minimum absolute atomic E-state index is 0.0382. The van der Waals surface area contributed by atoms with E-state index in [1.807, 2.05) is 6.07 Å². The normalized spacial score (nSPS) is 14.4. The van der Waals surface area contributed by atoms with Crippen LogP contribution in [0.3, 0.4) is 0 Å². The Morgan fingerprint density at radius 3 is 2.33 bits per heavy atom. The van der Waals surface area contributed by atoms with Crippen molar-refractivity contribution in [2.75, 3.05) is 17.2 Å². The van der Waals surface area contributed by atoms with Crippen LogP contribution in [0.2, 0.25) is 5.02 Å². The third-order valence-corrected chi connectivity index (χ3v) is 6.53. The third kappa shape index (κ3) is 5.11. The number of anilines is 2. The van der Waals surface area contributed by atoms with Gasteiger partial charge in [0, 0.05) is 23.8 Å². The summed E-state index contributed by atoms with van der Waals surface area (Å²) in [7, 11) is 1.68. The van der Waals surface area contributed by atoms with Crippen LogP contribution in [-0.4, -0.2) is 43.8 Å². The second-order valence-corrected chi connectivity index (χ2v) is 9.18. The minimum Gasteiger partial charge on any atom is -0.322 e. The van der Waals surface area contributed by atoms with Gasteiger partial charge in [0.25, 0.3) is 16.7 Å². The number of thioether (sulfide) groups is 1. The predicted molar refractivity (Wildman–Crippen MR) is 137 cm³/mol. The summed E-state index contributed by atoms with van der Waals surface area (Å²) in [5.74, 6) is -2.12. The van der Waals surface area contributed by atoms with Crippen molar-refractivity contribution in [1.82, 2.24) is 14.3 Å². The molecule has 10 nitrogen and oxygen atoms in total. The van der Waals surface area contributed by atoms with Gasteiger partial charge in [0.2, 0.25) is 11.8 Å². The summed E-state index contributed by atoms with van der Waals surface area (Å²) in [6, 6.07) is 15.2. The molecule has 1 saturated heterocycles. The fourth-order valence-electron chi connectivity index (χ4n) is 3.50. The van der Waals surface area contributed by atoms with E-state index in [2.05, 4.69) is 10.6 Å². The Bertz CT molecular complexity index is 1460. The van der Waals surface area contributed by atoms with Crippen LogP contribution >= 0.6 is 23.4 Å². The molecule has 4 amide bonds. The zero-order valence-corrected chi connectivity index (χ0v) is 20.7. The molecule has 1 fully saturated rings. The smallest absolute Gasteiger partial charge is 0.295 e. The summed E-state index contributed by atoms with van der Waals surface area (Å²) in [5, 5.41) is 4.87. The van der Waals surface area contributed by atoms with Gasteiger partial charge in [-0.05, 0) is 55.1 Å². The van der Waals surface area contributed by atoms with Crippen LogP contribution < -0.4 is 16.2 Å². The molecule has 0 aliphatic carbocycles. The number of carbonyl (C=O) groups is 4. The molecule has 4 rings (SSSR count). The molecule has 3 aromatic rings. The molecule has 2 aromatic carbocycles. The molecule has 0 atom stereocenters. The Hall–Kier alpha value is -4.09. The van der Waals surface area contributed by atoms with Crippen LogP contribution in [0.25, 0.3) is 5.69 Å². The summed E-state index contributed by atoms with van der Waals surface area (Å²) in [6.45, 7) is 1.05. The number of halogens is 1. The van der Waals surface area contributed by atoms with Gasteiger partial charge in [-0.25, -0.2) is 4.68 Å². The molecule has 1 aliphatic heterocycles. The highest BCUT2D eigenvalue weighted by Crippen LogP contribution is 2.30. The molecule has 184 valence electrons. The van der Waals surface area contributed by atoms with Crippen molar-refractivity contribution in [2.24, 2.45) is 7.05 Å². The molecule has 12 heteroatoms. The van der Waals surface area contributed by atoms with E-state index in [1.54, 1.807) is 67.2 Å². The van der Waals surface area contributed by atoms with Crippen molar-refractivity contribution < 1.29 is 19.2 Å². The number of benzene rings is 2. The Kier molecular flexibility index (Phi) is 7.13. The minimum atomic E-state index is -0.780. The van der Waals surface area contributed by atoms with Gasteiger partial charge in [0.15, 0.2) is 0 Å². The van der Waals surface area contributed by atoms with E-state index in [0.717, 1.165) is 11.0 Å². The number of para-hydroxylation sites is 1. The van der Waals surface area contributed by atoms with Gasteiger partial charge >= 0.3 is 0 Å². The van der Waals surface area contributed by atoms with Gasteiger partial charge in [0.1, 0.15) is 12.2 Å². The number of rotatable bonds is 6. The average molecular weight is 526 g/mol. The van der Waals surface area contributed by atoms with E-state index in [9.17, 15) is 24.0 Å². The lowest BCUT2D eigenvalue weighted by atomic mass is 10.3. The molecule has 0 unspecified atom stereocenters. The lowest BCUT2D eigenvalue weighted by Gasteiger charge is -2.11. The summed E-state index contributed by atoms with van der Waals surface area (Å²) in [6.07, 6.45) is 0.997. The number of hydrogen-bond donors (Lipinski definition) is 2. The zero-order chi connectivity index (χ0) is 26.0. The van der Waals surface area contributed by atoms with Crippen molar-refractivity contribution >= 4 is 57.7 Å². The second kappa shape index (κ2) is 10.3. The van der Waals surface area contributed by atoms with Crippen molar-refractivity contribution in [1.29, 1.82) is 0 Å². The van der Waals surface area contributed by atoms with Crippen LogP contribution in [0.4, 0.5) is 16.2 Å². The van der Waals surface area contributed by atoms with Crippen molar-refractivity contribution in [3.8, 4) is 5.69 Å². The number of hydrogen-bond acceptors (Lipinski definition) is 6. The van der Waals surface area contributed by atoms with Gasteiger partial charge in [-0.15, -0.1) is 0 Å². The number of amides is 4. The zero-order valence-electron chi connectivity index (χ0n) is 19.1. The van der Waals surface area contributed by atoms with Gasteiger partial charge in [-0.3, -0.25) is 33.6 Å². The average Bonchev–Trinajstić information content (AvgIpc) is 3.22. The van der Waals surface area contributed by atoms with E-state index in [4.69, 9.17) is 11.6 Å². The number of carbonyl (C=O) groups excluding carboxylic acids is 4. The molecule has 2 heterocycles. The lowest BCUT2D eigenvalue weighted by molar-refractivity contribution is -0.127. The van der Waals surface area contributed by atoms with Crippen LogP contribution in [0, 0.1) is 6.92 Å². The van der Waals surface area contributed by atoms with E-state index >= 15 is 0 Å². The topological polar surface area (TPSA) is 123 Å². The van der Waals surface area contributed by atoms with Crippen LogP contribution in [0.15, 0.2) is 70.4 Å². The summed E-state index contributed by atoms with van der Waals surface area (Å²) >= 11 is 6.36. The number of imide groups is 1. The van der Waals surface area contributed by atoms with Gasteiger partial charge in [0.05, 0.1) is 16.3 Å². The molecule has 0 spiro atoms. The van der Waals surface area contributed by atoms with Crippen molar-refractivity contribution in [3.63, 3.8) is 0 Å². The maximum atomic E-state index is 13.0. The van der Waals surface area contributed by atoms with E-state index in [-0.39, 0.29) is 10.6 Å². The Labute approximate surface area is 214 Å². The molecule has 0 radical (unpaired) electrons. The number of nitrogens with zero attached hydrogens (tertiary/aromatic N) is 3. The molecule has 1 aromatic heterocycles. The highest BCUT2D eigenvalue weighted by molar-refractivity contribution is 8.18. The number of nitrogens with one attached hydrogen (secondary N) is 2. The van der Waals surface area contributed by atoms with Crippen LogP contribution in [0.5, 0.6) is 0 Å². The Balaban J connectivity index is 1.45. The van der Waals surface area contributed by atoms with Crippen molar-refractivity contribution in [2.45, 2.75) is 6.92 Å².